The maximum absolute atomic E-state index is 12.8. The van der Waals surface area contributed by atoms with Gasteiger partial charge >= 0.3 is 0 Å². The van der Waals surface area contributed by atoms with E-state index in [1.807, 2.05) is 50.2 Å². The Labute approximate surface area is 140 Å². The van der Waals surface area contributed by atoms with E-state index >= 15 is 0 Å². The van der Waals surface area contributed by atoms with Crippen LogP contribution in [0.3, 0.4) is 0 Å². The largest absolute Gasteiger partial charge is 0.293 e. The van der Waals surface area contributed by atoms with E-state index in [-0.39, 0.29) is 17.3 Å². The molecule has 0 bridgehead atoms. The van der Waals surface area contributed by atoms with Crippen LogP contribution >= 0.6 is 0 Å². The summed E-state index contributed by atoms with van der Waals surface area (Å²) in [4.78, 5) is 24.7. The van der Waals surface area contributed by atoms with Gasteiger partial charge in [-0.1, -0.05) is 47.5 Å². The first kappa shape index (κ1) is 15.9. The maximum Gasteiger partial charge on any atom is 0.196 e. The minimum Gasteiger partial charge on any atom is -0.293 e. The minimum absolute atomic E-state index is 0.196. The first-order valence-corrected chi connectivity index (χ1v) is 7.75. The molecular weight excluding hydrogens is 300 g/mol. The molecule has 3 aromatic rings. The van der Waals surface area contributed by atoms with E-state index in [1.54, 1.807) is 23.0 Å². The molecule has 0 aliphatic heterocycles. The summed E-state index contributed by atoms with van der Waals surface area (Å²) in [6, 6.07) is 15.0. The molecule has 0 fully saturated rings. The average molecular weight is 318 g/mol. The topological polar surface area (TPSA) is 52.0 Å². The fourth-order valence-electron chi connectivity index (χ4n) is 2.49. The van der Waals surface area contributed by atoms with E-state index in [1.165, 1.54) is 6.92 Å². The van der Waals surface area contributed by atoms with Crippen LogP contribution in [0.25, 0.3) is 5.69 Å². The molecule has 0 spiro atoms. The molecular formula is C20H18N2O2. The molecule has 24 heavy (non-hydrogen) atoms. The third kappa shape index (κ3) is 3.04. The van der Waals surface area contributed by atoms with Gasteiger partial charge in [0.1, 0.15) is 5.69 Å². The maximum atomic E-state index is 12.8. The van der Waals surface area contributed by atoms with Crippen LogP contribution in [0.15, 0.2) is 54.7 Å². The van der Waals surface area contributed by atoms with Crippen molar-refractivity contribution in [1.29, 1.82) is 0 Å². The Morgan fingerprint density at radius 1 is 0.875 bits per heavy atom. The van der Waals surface area contributed by atoms with E-state index in [2.05, 4.69) is 5.10 Å². The van der Waals surface area contributed by atoms with Crippen molar-refractivity contribution in [3.63, 3.8) is 0 Å². The summed E-state index contributed by atoms with van der Waals surface area (Å²) >= 11 is 0. The summed E-state index contributed by atoms with van der Waals surface area (Å²) in [7, 11) is 0. The monoisotopic (exact) mass is 318 g/mol. The Hall–Kier alpha value is -3.01. The zero-order valence-corrected chi connectivity index (χ0v) is 13.9. The zero-order valence-electron chi connectivity index (χ0n) is 13.9. The normalized spacial score (nSPS) is 10.6. The van der Waals surface area contributed by atoms with Crippen LogP contribution in [0.1, 0.15) is 44.5 Å². The summed E-state index contributed by atoms with van der Waals surface area (Å²) < 4.78 is 1.58. The highest BCUT2D eigenvalue weighted by Crippen LogP contribution is 2.18. The number of aryl methyl sites for hydroxylation is 2. The van der Waals surface area contributed by atoms with Crippen molar-refractivity contribution in [2.24, 2.45) is 0 Å². The molecule has 0 atom stereocenters. The molecule has 4 heteroatoms. The number of hydrogen-bond acceptors (Lipinski definition) is 3. The number of rotatable bonds is 4. The number of hydrogen-bond donors (Lipinski definition) is 0. The molecule has 0 unspecified atom stereocenters. The van der Waals surface area contributed by atoms with Gasteiger partial charge in [-0.2, -0.15) is 5.10 Å². The molecule has 4 nitrogen and oxygen atoms in total. The van der Waals surface area contributed by atoms with Crippen molar-refractivity contribution in [2.75, 3.05) is 0 Å². The second kappa shape index (κ2) is 6.24. The molecule has 1 heterocycles. The van der Waals surface area contributed by atoms with Crippen molar-refractivity contribution in [1.82, 2.24) is 9.78 Å². The number of Topliss-reactive ketones (excluding diaryl/α,β-unsaturated/α-hetero) is 1. The molecule has 1 aromatic heterocycles. The van der Waals surface area contributed by atoms with Gasteiger partial charge in [0.05, 0.1) is 11.3 Å². The fraction of sp³-hybridized carbons (Fsp3) is 0.150. The van der Waals surface area contributed by atoms with Crippen molar-refractivity contribution >= 4 is 11.6 Å². The van der Waals surface area contributed by atoms with Gasteiger partial charge in [0.2, 0.25) is 0 Å². The van der Waals surface area contributed by atoms with Gasteiger partial charge in [-0.3, -0.25) is 9.59 Å². The lowest BCUT2D eigenvalue weighted by Crippen LogP contribution is -2.06. The van der Waals surface area contributed by atoms with E-state index in [4.69, 9.17) is 0 Å². The van der Waals surface area contributed by atoms with Crippen molar-refractivity contribution < 1.29 is 9.59 Å². The number of ketones is 2. The molecule has 0 radical (unpaired) electrons. The lowest BCUT2D eigenvalue weighted by atomic mass is 10.0. The van der Waals surface area contributed by atoms with E-state index < -0.39 is 0 Å². The molecule has 120 valence electrons. The molecule has 2 aromatic carbocycles. The fourth-order valence-corrected chi connectivity index (χ4v) is 2.49. The lowest BCUT2D eigenvalue weighted by molar-refractivity contribution is 0.0987. The number of nitrogens with zero attached hydrogens (tertiary/aromatic N) is 2. The molecule has 0 amide bonds. The average Bonchev–Trinajstić information content (AvgIpc) is 3.01. The van der Waals surface area contributed by atoms with Gasteiger partial charge in [0.25, 0.3) is 0 Å². The SMILES string of the molecule is CC(=O)c1nn(-c2ccc(C)cc2)cc1C(=O)c1ccc(C)cc1. The highest BCUT2D eigenvalue weighted by molar-refractivity contribution is 6.14. The molecule has 0 aliphatic rings. The summed E-state index contributed by atoms with van der Waals surface area (Å²) in [5.41, 5.74) is 4.09. The van der Waals surface area contributed by atoms with Gasteiger partial charge in [-0.25, -0.2) is 4.68 Å². The molecule has 0 aliphatic carbocycles. The first-order valence-electron chi connectivity index (χ1n) is 7.75. The highest BCUT2D eigenvalue weighted by Gasteiger charge is 2.21. The smallest absolute Gasteiger partial charge is 0.196 e. The van der Waals surface area contributed by atoms with Gasteiger partial charge < -0.3 is 0 Å². The number of aromatic nitrogens is 2. The second-order valence-electron chi connectivity index (χ2n) is 5.92. The Morgan fingerprint density at radius 3 is 1.96 bits per heavy atom. The van der Waals surface area contributed by atoms with E-state index in [9.17, 15) is 9.59 Å². The Kier molecular flexibility index (Phi) is 4.13. The predicted molar refractivity (Wildman–Crippen MR) is 92.9 cm³/mol. The first-order chi connectivity index (χ1) is 11.5. The van der Waals surface area contributed by atoms with Gasteiger partial charge in [0.15, 0.2) is 11.6 Å². The standard InChI is InChI=1S/C20H18N2O2/c1-13-4-8-16(9-5-13)20(24)18-12-22(21-19(18)15(3)23)17-10-6-14(2)7-11-17/h4-12H,1-3H3. The van der Waals surface area contributed by atoms with Crippen LogP contribution in [-0.4, -0.2) is 21.3 Å². The van der Waals surface area contributed by atoms with Crippen molar-refractivity contribution in [3.8, 4) is 5.69 Å². The number of benzene rings is 2. The van der Waals surface area contributed by atoms with Crippen LogP contribution in [0.4, 0.5) is 0 Å². The van der Waals surface area contributed by atoms with Crippen LogP contribution in [0.5, 0.6) is 0 Å². The van der Waals surface area contributed by atoms with Crippen LogP contribution < -0.4 is 0 Å². The molecule has 0 saturated heterocycles. The molecule has 0 saturated carbocycles. The zero-order chi connectivity index (χ0) is 17.3. The van der Waals surface area contributed by atoms with Gasteiger partial charge in [-0.05, 0) is 26.0 Å². The summed E-state index contributed by atoms with van der Waals surface area (Å²) in [5, 5.41) is 4.32. The molecule has 0 N–H and O–H groups in total. The summed E-state index contributed by atoms with van der Waals surface area (Å²) in [6.07, 6.45) is 1.63. The number of carbonyl (C=O) groups excluding carboxylic acids is 2. The summed E-state index contributed by atoms with van der Waals surface area (Å²) in [5.74, 6) is -0.421. The second-order valence-corrected chi connectivity index (χ2v) is 5.92. The van der Waals surface area contributed by atoms with Crippen molar-refractivity contribution in [2.45, 2.75) is 20.8 Å². The van der Waals surface area contributed by atoms with E-state index in [0.29, 0.717) is 11.1 Å². The highest BCUT2D eigenvalue weighted by atomic mass is 16.1. The molecule has 3 rings (SSSR count). The van der Waals surface area contributed by atoms with Crippen LogP contribution in [0, 0.1) is 13.8 Å². The van der Waals surface area contributed by atoms with E-state index in [0.717, 1.165) is 16.8 Å². The Morgan fingerprint density at radius 2 is 1.42 bits per heavy atom. The van der Waals surface area contributed by atoms with Gasteiger partial charge in [0, 0.05) is 18.7 Å². The van der Waals surface area contributed by atoms with Crippen LogP contribution in [-0.2, 0) is 0 Å². The van der Waals surface area contributed by atoms with Crippen LogP contribution in [0.2, 0.25) is 0 Å². The van der Waals surface area contributed by atoms with Gasteiger partial charge in [-0.15, -0.1) is 0 Å². The minimum atomic E-state index is -0.226. The lowest BCUT2D eigenvalue weighted by Gasteiger charge is -2.01. The summed E-state index contributed by atoms with van der Waals surface area (Å²) in [6.45, 7) is 5.39. The Balaban J connectivity index is 2.06. The predicted octanol–water partition coefficient (Wildman–Crippen LogP) is 3.92. The van der Waals surface area contributed by atoms with Crippen molar-refractivity contribution in [3.05, 3.63) is 82.7 Å². The third-order valence-electron chi connectivity index (χ3n) is 3.90. The Bertz CT molecular complexity index is 904. The number of carbonyl (C=O) groups is 2. The third-order valence-corrected chi connectivity index (χ3v) is 3.90. The quantitative estimate of drug-likeness (QED) is 0.685.